The average Bonchev–Trinajstić information content (AvgIpc) is 3.01. The number of nitrogens with zero attached hydrogens (tertiary/aromatic N) is 2. The van der Waals surface area contributed by atoms with Crippen molar-refractivity contribution in [3.05, 3.63) is 59.2 Å². The summed E-state index contributed by atoms with van der Waals surface area (Å²) in [6.07, 6.45) is -0.247. The summed E-state index contributed by atoms with van der Waals surface area (Å²) in [5.41, 5.74) is 1.16. The van der Waals surface area contributed by atoms with Crippen LogP contribution in [0, 0.1) is 5.92 Å². The average molecular weight is 643 g/mol. The Bertz CT molecular complexity index is 1300. The lowest BCUT2D eigenvalue weighted by Crippen LogP contribution is -2.56. The fraction of sp³-hybridized carbons (Fsp3) is 0.600. The number of amides is 2. The van der Waals surface area contributed by atoms with E-state index in [9.17, 15) is 14.7 Å². The Morgan fingerprint density at radius 1 is 1.07 bits per heavy atom. The van der Waals surface area contributed by atoms with Crippen LogP contribution in [-0.4, -0.2) is 94.0 Å². The summed E-state index contributed by atoms with van der Waals surface area (Å²) in [6.45, 7) is 10.9. The zero-order valence-corrected chi connectivity index (χ0v) is 28.1. The van der Waals surface area contributed by atoms with Crippen LogP contribution in [0.5, 0.6) is 5.75 Å². The maximum atomic E-state index is 13.0. The zero-order valence-electron chi connectivity index (χ0n) is 28.1. The Morgan fingerprint density at radius 2 is 1.80 bits per heavy atom. The molecule has 2 aromatic rings. The first kappa shape index (κ1) is 35.6. The standard InChI is InChI=1S/C35H50N2O9/c1-25(20-42-6)21-43-22-26-8-11-28(12-9-26)35(40)14-16-36(33(39)46-34(2,3)4)19-31(35)45-23-27-10-13-30-29(18-27)37(15-7-17-41-5)32(38)24-44-30/h8-13,18,25,31,40H,7,14-17,19-24H2,1-6H3/t25?,31-,35-/m0/s1. The van der Waals surface area contributed by atoms with Crippen molar-refractivity contribution in [3.63, 3.8) is 0 Å². The molecule has 46 heavy (non-hydrogen) atoms. The molecule has 0 aliphatic carbocycles. The summed E-state index contributed by atoms with van der Waals surface area (Å²) in [7, 11) is 3.31. The van der Waals surface area contributed by atoms with Gasteiger partial charge in [-0.1, -0.05) is 37.3 Å². The van der Waals surface area contributed by atoms with Gasteiger partial charge in [-0.3, -0.25) is 4.79 Å². The number of piperidine rings is 1. The lowest BCUT2D eigenvalue weighted by molar-refractivity contribution is -0.154. The molecule has 0 spiro atoms. The topological polar surface area (TPSA) is 116 Å². The molecule has 0 radical (unpaired) electrons. The summed E-state index contributed by atoms with van der Waals surface area (Å²) < 4.78 is 34.0. The molecule has 254 valence electrons. The third-order valence-electron chi connectivity index (χ3n) is 8.06. The van der Waals surface area contributed by atoms with Crippen LogP contribution in [0.4, 0.5) is 10.5 Å². The van der Waals surface area contributed by atoms with Gasteiger partial charge in [0.15, 0.2) is 6.61 Å². The summed E-state index contributed by atoms with van der Waals surface area (Å²) in [6, 6.07) is 13.3. The van der Waals surface area contributed by atoms with E-state index >= 15 is 0 Å². The Hall–Kier alpha value is -3.22. The number of hydrogen-bond acceptors (Lipinski definition) is 9. The molecule has 2 aliphatic heterocycles. The molecule has 1 unspecified atom stereocenters. The second kappa shape index (κ2) is 16.1. The van der Waals surface area contributed by atoms with Gasteiger partial charge in [0, 0.05) is 46.3 Å². The second-order valence-corrected chi connectivity index (χ2v) is 13.2. The predicted octanol–water partition coefficient (Wildman–Crippen LogP) is 4.66. The fourth-order valence-corrected chi connectivity index (χ4v) is 5.67. The number of benzene rings is 2. The Balaban J connectivity index is 1.51. The van der Waals surface area contributed by atoms with Crippen LogP contribution in [0.15, 0.2) is 42.5 Å². The van der Waals surface area contributed by atoms with Crippen LogP contribution in [0.3, 0.4) is 0 Å². The highest BCUT2D eigenvalue weighted by atomic mass is 16.6. The number of fused-ring (bicyclic) bond motifs is 1. The number of aliphatic hydroxyl groups is 1. The summed E-state index contributed by atoms with van der Waals surface area (Å²) >= 11 is 0. The number of ether oxygens (including phenoxy) is 6. The smallest absolute Gasteiger partial charge is 0.410 e. The molecule has 0 saturated carbocycles. The molecule has 1 saturated heterocycles. The quantitative estimate of drug-likeness (QED) is 0.294. The van der Waals surface area contributed by atoms with Crippen LogP contribution in [-0.2, 0) is 47.3 Å². The first-order chi connectivity index (χ1) is 21.9. The predicted molar refractivity (Wildman–Crippen MR) is 173 cm³/mol. The minimum atomic E-state index is -1.36. The van der Waals surface area contributed by atoms with Crippen LogP contribution < -0.4 is 9.64 Å². The molecule has 2 amide bonds. The van der Waals surface area contributed by atoms with Crippen molar-refractivity contribution in [3.8, 4) is 5.75 Å². The molecule has 2 heterocycles. The van der Waals surface area contributed by atoms with Gasteiger partial charge in [0.05, 0.1) is 38.7 Å². The molecule has 3 atom stereocenters. The van der Waals surface area contributed by atoms with E-state index in [1.54, 1.807) is 24.0 Å². The molecule has 1 N–H and O–H groups in total. The van der Waals surface area contributed by atoms with Gasteiger partial charge in [-0.15, -0.1) is 0 Å². The highest BCUT2D eigenvalue weighted by Crippen LogP contribution is 2.38. The van der Waals surface area contributed by atoms with Crippen LogP contribution in [0.1, 0.15) is 57.2 Å². The molecule has 11 nitrogen and oxygen atoms in total. The number of carbonyl (C=O) groups excluding carboxylic acids is 2. The summed E-state index contributed by atoms with van der Waals surface area (Å²) in [4.78, 5) is 29.0. The largest absolute Gasteiger partial charge is 0.482 e. The number of hydrogen-bond donors (Lipinski definition) is 1. The lowest BCUT2D eigenvalue weighted by Gasteiger charge is -2.44. The molecule has 0 bridgehead atoms. The van der Waals surface area contributed by atoms with Gasteiger partial charge < -0.3 is 43.3 Å². The fourth-order valence-electron chi connectivity index (χ4n) is 5.67. The number of anilines is 1. The van der Waals surface area contributed by atoms with Crippen LogP contribution in [0.2, 0.25) is 0 Å². The van der Waals surface area contributed by atoms with Crippen LogP contribution in [0.25, 0.3) is 0 Å². The SMILES string of the molecule is COCCCN1C(=O)COc2ccc(CO[C@H]3CN(C(=O)OC(C)(C)C)CC[C@]3(O)c3ccc(COCC(C)COC)cc3)cc21. The second-order valence-electron chi connectivity index (χ2n) is 13.2. The Kier molecular flexibility index (Phi) is 12.4. The van der Waals surface area contributed by atoms with E-state index in [1.807, 2.05) is 63.2 Å². The number of methoxy groups -OCH3 is 2. The van der Waals surface area contributed by atoms with Gasteiger partial charge in [0.1, 0.15) is 23.1 Å². The lowest BCUT2D eigenvalue weighted by atomic mass is 9.81. The van der Waals surface area contributed by atoms with Crippen molar-refractivity contribution in [1.82, 2.24) is 4.90 Å². The summed E-state index contributed by atoms with van der Waals surface area (Å²) in [5.74, 6) is 0.804. The van der Waals surface area contributed by atoms with E-state index in [-0.39, 0.29) is 32.1 Å². The zero-order chi connectivity index (χ0) is 33.3. The van der Waals surface area contributed by atoms with Gasteiger partial charge >= 0.3 is 6.09 Å². The maximum absolute atomic E-state index is 13.0. The molecule has 0 aromatic heterocycles. The molecule has 1 fully saturated rings. The maximum Gasteiger partial charge on any atom is 0.410 e. The van der Waals surface area contributed by atoms with Gasteiger partial charge in [-0.25, -0.2) is 4.79 Å². The van der Waals surface area contributed by atoms with Gasteiger partial charge in [0.2, 0.25) is 0 Å². The van der Waals surface area contributed by atoms with Gasteiger partial charge in [0.25, 0.3) is 5.91 Å². The molecule has 4 rings (SSSR count). The molecule has 2 aliphatic rings. The minimum absolute atomic E-state index is 0.0106. The third kappa shape index (κ3) is 9.42. The molecular formula is C35H50N2O9. The first-order valence-corrected chi connectivity index (χ1v) is 16.0. The number of carbonyl (C=O) groups is 2. The van der Waals surface area contributed by atoms with E-state index in [2.05, 4.69) is 6.92 Å². The number of rotatable bonds is 14. The van der Waals surface area contributed by atoms with Gasteiger partial charge in [-0.05, 0) is 56.0 Å². The van der Waals surface area contributed by atoms with Crippen molar-refractivity contribution in [2.75, 3.05) is 65.2 Å². The summed E-state index contributed by atoms with van der Waals surface area (Å²) in [5, 5.41) is 12.2. The number of likely N-dealkylation sites (tertiary alicyclic amines) is 1. The molecule has 2 aromatic carbocycles. The molecular weight excluding hydrogens is 592 g/mol. The van der Waals surface area contributed by atoms with Crippen molar-refractivity contribution < 1.29 is 43.1 Å². The highest BCUT2D eigenvalue weighted by molar-refractivity contribution is 5.97. The first-order valence-electron chi connectivity index (χ1n) is 16.0. The van der Waals surface area contributed by atoms with E-state index in [4.69, 9.17) is 28.4 Å². The minimum Gasteiger partial charge on any atom is -0.482 e. The van der Waals surface area contributed by atoms with E-state index in [0.29, 0.717) is 68.9 Å². The normalized spacial score (nSPS) is 20.7. The van der Waals surface area contributed by atoms with Crippen molar-refractivity contribution >= 4 is 17.7 Å². The highest BCUT2D eigenvalue weighted by Gasteiger charge is 2.45. The third-order valence-corrected chi connectivity index (χ3v) is 8.06. The van der Waals surface area contributed by atoms with Crippen molar-refractivity contribution in [2.24, 2.45) is 5.92 Å². The van der Waals surface area contributed by atoms with Crippen molar-refractivity contribution in [1.29, 1.82) is 0 Å². The van der Waals surface area contributed by atoms with E-state index in [0.717, 1.165) is 11.1 Å². The Morgan fingerprint density at radius 3 is 2.50 bits per heavy atom. The van der Waals surface area contributed by atoms with Crippen molar-refractivity contribution in [2.45, 2.75) is 71.1 Å². The monoisotopic (exact) mass is 642 g/mol. The van der Waals surface area contributed by atoms with Crippen LogP contribution >= 0.6 is 0 Å². The van der Waals surface area contributed by atoms with E-state index < -0.39 is 23.4 Å². The van der Waals surface area contributed by atoms with E-state index in [1.165, 1.54) is 0 Å². The Labute approximate surface area is 272 Å². The molecule has 11 heteroatoms. The van der Waals surface area contributed by atoms with Gasteiger partial charge in [-0.2, -0.15) is 0 Å².